The zero-order valence-electron chi connectivity index (χ0n) is 11.3. The summed E-state index contributed by atoms with van der Waals surface area (Å²) in [6.07, 6.45) is 0. The first-order chi connectivity index (χ1) is 9.69. The molecule has 0 radical (unpaired) electrons. The third-order valence-electron chi connectivity index (χ3n) is 3.33. The van der Waals surface area contributed by atoms with Crippen LogP contribution in [0.15, 0.2) is 42.5 Å². The lowest BCUT2D eigenvalue weighted by Crippen LogP contribution is -2.29. The SMILES string of the molecule is COc1ccc2c(c1)Oc1ccccc1C2NC(C)=O. The molecule has 0 aliphatic carbocycles. The second-order valence-corrected chi connectivity index (χ2v) is 4.68. The van der Waals surface area contributed by atoms with E-state index in [-0.39, 0.29) is 11.9 Å². The lowest BCUT2D eigenvalue weighted by Gasteiger charge is -2.28. The van der Waals surface area contributed by atoms with Crippen LogP contribution < -0.4 is 14.8 Å². The predicted molar refractivity (Wildman–Crippen MR) is 75.2 cm³/mol. The van der Waals surface area contributed by atoms with E-state index >= 15 is 0 Å². The van der Waals surface area contributed by atoms with E-state index < -0.39 is 0 Å². The van der Waals surface area contributed by atoms with Crippen LogP contribution in [0.5, 0.6) is 17.2 Å². The molecular weight excluding hydrogens is 254 g/mol. The molecule has 1 atom stereocenters. The van der Waals surface area contributed by atoms with E-state index in [9.17, 15) is 4.79 Å². The molecule has 1 aliphatic rings. The van der Waals surface area contributed by atoms with E-state index in [1.165, 1.54) is 6.92 Å². The Morgan fingerprint density at radius 1 is 1.15 bits per heavy atom. The Hall–Kier alpha value is -2.49. The van der Waals surface area contributed by atoms with Gasteiger partial charge in [-0.15, -0.1) is 0 Å². The second kappa shape index (κ2) is 4.89. The van der Waals surface area contributed by atoms with Gasteiger partial charge in [-0.3, -0.25) is 4.79 Å². The molecule has 4 heteroatoms. The number of benzene rings is 2. The minimum atomic E-state index is -0.196. The number of nitrogens with one attached hydrogen (secondary N) is 1. The van der Waals surface area contributed by atoms with Crippen molar-refractivity contribution in [2.75, 3.05) is 7.11 Å². The molecular formula is C16H15NO3. The van der Waals surface area contributed by atoms with Gasteiger partial charge in [0, 0.05) is 24.1 Å². The van der Waals surface area contributed by atoms with E-state index in [0.717, 1.165) is 22.6 Å². The van der Waals surface area contributed by atoms with Crippen molar-refractivity contribution in [2.24, 2.45) is 0 Å². The minimum absolute atomic E-state index is 0.0755. The Labute approximate surface area is 117 Å². The van der Waals surface area contributed by atoms with Crippen molar-refractivity contribution in [3.8, 4) is 17.2 Å². The number of rotatable bonds is 2. The predicted octanol–water partition coefficient (Wildman–Crippen LogP) is 3.03. The molecule has 20 heavy (non-hydrogen) atoms. The molecule has 2 aromatic rings. The monoisotopic (exact) mass is 269 g/mol. The van der Waals surface area contributed by atoms with Gasteiger partial charge in [0.05, 0.1) is 13.2 Å². The first-order valence-electron chi connectivity index (χ1n) is 6.41. The van der Waals surface area contributed by atoms with E-state index in [1.807, 2.05) is 42.5 Å². The Morgan fingerprint density at radius 3 is 2.65 bits per heavy atom. The molecule has 0 fully saturated rings. The molecule has 0 saturated heterocycles. The first kappa shape index (κ1) is 12.5. The van der Waals surface area contributed by atoms with Gasteiger partial charge in [0.25, 0.3) is 0 Å². The summed E-state index contributed by atoms with van der Waals surface area (Å²) in [4.78, 5) is 11.5. The van der Waals surface area contributed by atoms with Crippen molar-refractivity contribution >= 4 is 5.91 Å². The molecule has 1 N–H and O–H groups in total. The maximum Gasteiger partial charge on any atom is 0.217 e. The van der Waals surface area contributed by atoms with Crippen molar-refractivity contribution in [2.45, 2.75) is 13.0 Å². The van der Waals surface area contributed by atoms with Gasteiger partial charge in [0.2, 0.25) is 5.91 Å². The van der Waals surface area contributed by atoms with E-state index in [1.54, 1.807) is 7.11 Å². The fraction of sp³-hybridized carbons (Fsp3) is 0.188. The minimum Gasteiger partial charge on any atom is -0.497 e. The zero-order valence-corrected chi connectivity index (χ0v) is 11.3. The number of hydrogen-bond donors (Lipinski definition) is 1. The van der Waals surface area contributed by atoms with Crippen LogP contribution in [-0.4, -0.2) is 13.0 Å². The van der Waals surface area contributed by atoms with Crippen LogP contribution in [0.4, 0.5) is 0 Å². The number of ether oxygens (including phenoxy) is 2. The van der Waals surface area contributed by atoms with Gasteiger partial charge in [-0.25, -0.2) is 0 Å². The molecule has 0 saturated carbocycles. The van der Waals surface area contributed by atoms with Crippen LogP contribution in [0.3, 0.4) is 0 Å². The molecule has 1 aliphatic heterocycles. The van der Waals surface area contributed by atoms with Crippen LogP contribution in [0.25, 0.3) is 0 Å². The van der Waals surface area contributed by atoms with Crippen LogP contribution in [0.2, 0.25) is 0 Å². The highest BCUT2D eigenvalue weighted by atomic mass is 16.5. The van der Waals surface area contributed by atoms with Crippen LogP contribution >= 0.6 is 0 Å². The van der Waals surface area contributed by atoms with Crippen LogP contribution in [0.1, 0.15) is 24.1 Å². The molecule has 1 heterocycles. The summed E-state index contributed by atoms with van der Waals surface area (Å²) < 4.78 is 11.1. The summed E-state index contributed by atoms with van der Waals surface area (Å²) in [5.41, 5.74) is 1.89. The van der Waals surface area contributed by atoms with Crippen molar-refractivity contribution in [3.63, 3.8) is 0 Å². The van der Waals surface area contributed by atoms with Crippen molar-refractivity contribution in [3.05, 3.63) is 53.6 Å². The highest BCUT2D eigenvalue weighted by Gasteiger charge is 2.27. The number of hydrogen-bond acceptors (Lipinski definition) is 3. The highest BCUT2D eigenvalue weighted by Crippen LogP contribution is 2.43. The fourth-order valence-corrected chi connectivity index (χ4v) is 2.43. The standard InChI is InChI=1S/C16H15NO3/c1-10(18)17-16-12-5-3-4-6-14(12)20-15-9-11(19-2)7-8-13(15)16/h3-9,16H,1-2H3,(H,17,18). The molecule has 0 spiro atoms. The number of fused-ring (bicyclic) bond motifs is 2. The third-order valence-corrected chi connectivity index (χ3v) is 3.33. The largest absolute Gasteiger partial charge is 0.497 e. The number of amides is 1. The summed E-state index contributed by atoms with van der Waals surface area (Å²) >= 11 is 0. The topological polar surface area (TPSA) is 47.6 Å². The Balaban J connectivity index is 2.12. The summed E-state index contributed by atoms with van der Waals surface area (Å²) in [5.74, 6) is 2.12. The average Bonchev–Trinajstić information content (AvgIpc) is 2.46. The number of carbonyl (C=O) groups excluding carboxylic acids is 1. The molecule has 0 aromatic heterocycles. The van der Waals surface area contributed by atoms with Gasteiger partial charge in [-0.05, 0) is 18.2 Å². The van der Waals surface area contributed by atoms with Gasteiger partial charge >= 0.3 is 0 Å². The number of methoxy groups -OCH3 is 1. The molecule has 2 aromatic carbocycles. The lowest BCUT2D eigenvalue weighted by atomic mass is 9.94. The van der Waals surface area contributed by atoms with Crippen molar-refractivity contribution < 1.29 is 14.3 Å². The van der Waals surface area contributed by atoms with E-state index in [0.29, 0.717) is 5.75 Å². The first-order valence-corrected chi connectivity index (χ1v) is 6.41. The third kappa shape index (κ3) is 2.09. The summed E-state index contributed by atoms with van der Waals surface area (Å²) in [7, 11) is 1.61. The average molecular weight is 269 g/mol. The molecule has 102 valence electrons. The van der Waals surface area contributed by atoms with Gasteiger partial charge in [0.15, 0.2) is 0 Å². The Morgan fingerprint density at radius 2 is 1.90 bits per heavy atom. The summed E-state index contributed by atoms with van der Waals surface area (Å²) in [6.45, 7) is 1.52. The molecule has 1 amide bonds. The van der Waals surface area contributed by atoms with Crippen LogP contribution in [-0.2, 0) is 4.79 Å². The second-order valence-electron chi connectivity index (χ2n) is 4.68. The van der Waals surface area contributed by atoms with Crippen LogP contribution in [0, 0.1) is 0 Å². The maximum absolute atomic E-state index is 11.5. The molecule has 4 nitrogen and oxygen atoms in total. The van der Waals surface area contributed by atoms with Gasteiger partial charge < -0.3 is 14.8 Å². The fourth-order valence-electron chi connectivity index (χ4n) is 2.43. The van der Waals surface area contributed by atoms with Crippen molar-refractivity contribution in [1.29, 1.82) is 0 Å². The van der Waals surface area contributed by atoms with E-state index in [4.69, 9.17) is 9.47 Å². The van der Waals surface area contributed by atoms with Gasteiger partial charge in [-0.1, -0.05) is 18.2 Å². The maximum atomic E-state index is 11.5. The Kier molecular flexibility index (Phi) is 3.06. The van der Waals surface area contributed by atoms with Gasteiger partial charge in [-0.2, -0.15) is 0 Å². The quantitative estimate of drug-likeness (QED) is 0.911. The smallest absolute Gasteiger partial charge is 0.217 e. The number of para-hydroxylation sites is 1. The summed E-state index contributed by atoms with van der Waals surface area (Å²) in [6, 6.07) is 13.1. The Bertz CT molecular complexity index is 667. The zero-order chi connectivity index (χ0) is 14.1. The normalized spacial score (nSPS) is 15.6. The lowest BCUT2D eigenvalue weighted by molar-refractivity contribution is -0.119. The van der Waals surface area contributed by atoms with Gasteiger partial charge in [0.1, 0.15) is 17.2 Å². The molecule has 1 unspecified atom stereocenters. The summed E-state index contributed by atoms with van der Waals surface area (Å²) in [5, 5.41) is 2.97. The number of carbonyl (C=O) groups is 1. The van der Waals surface area contributed by atoms with E-state index in [2.05, 4.69) is 5.32 Å². The molecule has 0 bridgehead atoms. The highest BCUT2D eigenvalue weighted by molar-refractivity contribution is 5.75. The molecule has 3 rings (SSSR count). The van der Waals surface area contributed by atoms with Crippen molar-refractivity contribution in [1.82, 2.24) is 5.32 Å².